The third kappa shape index (κ3) is 3.56. The zero-order valence-electron chi connectivity index (χ0n) is 15.5. The molecule has 0 aliphatic rings. The molecule has 0 N–H and O–H groups in total. The molecule has 0 bridgehead atoms. The van der Waals surface area contributed by atoms with Crippen molar-refractivity contribution in [3.8, 4) is 22.3 Å². The molecule has 4 rings (SSSR count). The Hall–Kier alpha value is -3.71. The Labute approximate surface area is 165 Å². The summed E-state index contributed by atoms with van der Waals surface area (Å²) in [6, 6.07) is 37.0. The Balaban J connectivity index is 1.93. The van der Waals surface area contributed by atoms with E-state index in [-0.39, 0.29) is 0 Å². The van der Waals surface area contributed by atoms with Crippen LogP contribution in [0.4, 0.5) is 0 Å². The molecule has 0 saturated carbocycles. The second-order valence-corrected chi connectivity index (χ2v) is 6.54. The second-order valence-electron chi connectivity index (χ2n) is 6.54. The number of allylic oxidation sites excluding steroid dienone is 1. The van der Waals surface area contributed by atoms with E-state index < -0.39 is 0 Å². The Morgan fingerprint density at radius 3 is 1.32 bits per heavy atom. The molecule has 0 spiro atoms. The largest absolute Gasteiger partial charge is 0.299 e. The van der Waals surface area contributed by atoms with Gasteiger partial charge in [-0.25, -0.2) is 0 Å². The summed E-state index contributed by atoms with van der Waals surface area (Å²) >= 11 is 0. The average Bonchev–Trinajstić information content (AvgIpc) is 2.79. The van der Waals surface area contributed by atoms with Gasteiger partial charge in [0.2, 0.25) is 0 Å². The molecule has 0 aliphatic carbocycles. The Morgan fingerprint density at radius 1 is 0.500 bits per heavy atom. The highest BCUT2D eigenvalue weighted by molar-refractivity contribution is 5.98. The zero-order valence-corrected chi connectivity index (χ0v) is 15.5. The highest BCUT2D eigenvalue weighted by atomic mass is 16.1. The fourth-order valence-corrected chi connectivity index (χ4v) is 3.57. The highest BCUT2D eigenvalue weighted by Crippen LogP contribution is 2.36. The smallest absolute Gasteiger partial charge is 0.143 e. The monoisotopic (exact) mass is 360 g/mol. The molecule has 0 fully saturated rings. The molecule has 0 amide bonds. The lowest BCUT2D eigenvalue weighted by Crippen LogP contribution is -1.95. The quantitative estimate of drug-likeness (QED) is 0.287. The van der Waals surface area contributed by atoms with Gasteiger partial charge < -0.3 is 0 Å². The number of carbonyl (C=O) groups excluding carboxylic acids is 1. The number of hydrogen-bond donors (Lipinski definition) is 0. The summed E-state index contributed by atoms with van der Waals surface area (Å²) in [4.78, 5) is 11.6. The molecule has 0 aromatic heterocycles. The van der Waals surface area contributed by atoms with Crippen molar-refractivity contribution in [2.45, 2.75) is 0 Å². The molecular formula is C27H20O. The van der Waals surface area contributed by atoms with Gasteiger partial charge in [-0.05, 0) is 45.0 Å². The SMILES string of the molecule is O=CC=C(c1ccccc1-c1ccccc1)c1ccccc1-c1ccccc1. The first-order chi connectivity index (χ1) is 13.9. The molecule has 1 heteroatoms. The van der Waals surface area contributed by atoms with E-state index in [1.54, 1.807) is 6.08 Å². The zero-order chi connectivity index (χ0) is 19.2. The van der Waals surface area contributed by atoms with Crippen LogP contribution < -0.4 is 0 Å². The third-order valence-electron chi connectivity index (χ3n) is 4.84. The molecule has 4 aromatic rings. The van der Waals surface area contributed by atoms with Gasteiger partial charge in [-0.3, -0.25) is 4.79 Å². The summed E-state index contributed by atoms with van der Waals surface area (Å²) in [5.74, 6) is 0. The fraction of sp³-hybridized carbons (Fsp3) is 0. The summed E-state index contributed by atoms with van der Waals surface area (Å²) in [5.41, 5.74) is 7.50. The maximum atomic E-state index is 11.6. The van der Waals surface area contributed by atoms with Crippen LogP contribution in [0.1, 0.15) is 11.1 Å². The minimum absolute atomic E-state index is 0.874. The van der Waals surface area contributed by atoms with Gasteiger partial charge in [0, 0.05) is 0 Å². The van der Waals surface area contributed by atoms with E-state index in [1.807, 2.05) is 60.7 Å². The molecule has 0 aliphatic heterocycles. The molecule has 0 radical (unpaired) electrons. The van der Waals surface area contributed by atoms with Gasteiger partial charge in [0.1, 0.15) is 6.29 Å². The standard InChI is InChI=1S/C27H20O/c28-20-19-27(25-17-9-7-15-23(25)21-11-3-1-4-12-21)26-18-10-8-16-24(26)22-13-5-2-6-14-22/h1-20H. The van der Waals surface area contributed by atoms with E-state index in [0.29, 0.717) is 0 Å². The number of hydrogen-bond acceptors (Lipinski definition) is 1. The van der Waals surface area contributed by atoms with E-state index in [0.717, 1.165) is 45.2 Å². The number of benzene rings is 4. The van der Waals surface area contributed by atoms with Crippen molar-refractivity contribution in [1.29, 1.82) is 0 Å². The minimum Gasteiger partial charge on any atom is -0.299 e. The van der Waals surface area contributed by atoms with Gasteiger partial charge in [0.25, 0.3) is 0 Å². The lowest BCUT2D eigenvalue weighted by Gasteiger charge is -2.17. The van der Waals surface area contributed by atoms with Crippen molar-refractivity contribution in [1.82, 2.24) is 0 Å². The predicted molar refractivity (Wildman–Crippen MR) is 117 cm³/mol. The predicted octanol–water partition coefficient (Wildman–Crippen LogP) is 6.65. The number of aldehydes is 1. The van der Waals surface area contributed by atoms with Crippen LogP contribution in [0.3, 0.4) is 0 Å². The first kappa shape index (κ1) is 17.7. The fourth-order valence-electron chi connectivity index (χ4n) is 3.57. The molecular weight excluding hydrogens is 340 g/mol. The number of rotatable bonds is 5. The van der Waals surface area contributed by atoms with E-state index in [9.17, 15) is 4.79 Å². The van der Waals surface area contributed by atoms with Crippen molar-refractivity contribution >= 4 is 11.9 Å². The van der Waals surface area contributed by atoms with Crippen LogP contribution in [0, 0.1) is 0 Å². The van der Waals surface area contributed by atoms with Crippen molar-refractivity contribution in [2.75, 3.05) is 0 Å². The Bertz CT molecular complexity index is 1020. The van der Waals surface area contributed by atoms with Crippen LogP contribution in [0.2, 0.25) is 0 Å². The maximum absolute atomic E-state index is 11.6. The molecule has 134 valence electrons. The van der Waals surface area contributed by atoms with Crippen molar-refractivity contribution in [3.05, 3.63) is 126 Å². The lowest BCUT2D eigenvalue weighted by atomic mass is 9.87. The Kier molecular flexibility index (Phi) is 5.26. The van der Waals surface area contributed by atoms with E-state index in [4.69, 9.17) is 0 Å². The summed E-state index contributed by atoms with van der Waals surface area (Å²) in [6.07, 6.45) is 2.54. The minimum atomic E-state index is 0.874. The molecule has 1 nitrogen and oxygen atoms in total. The molecule has 0 heterocycles. The van der Waals surface area contributed by atoms with Gasteiger partial charge in [-0.15, -0.1) is 0 Å². The van der Waals surface area contributed by atoms with Crippen LogP contribution >= 0.6 is 0 Å². The molecule has 0 atom stereocenters. The van der Waals surface area contributed by atoms with Crippen LogP contribution in [0.25, 0.3) is 27.8 Å². The number of carbonyl (C=O) groups is 1. The van der Waals surface area contributed by atoms with Crippen molar-refractivity contribution in [3.63, 3.8) is 0 Å². The highest BCUT2D eigenvalue weighted by Gasteiger charge is 2.14. The van der Waals surface area contributed by atoms with Crippen molar-refractivity contribution < 1.29 is 4.79 Å². The first-order valence-corrected chi connectivity index (χ1v) is 9.33. The van der Waals surface area contributed by atoms with Gasteiger partial charge in [-0.1, -0.05) is 109 Å². The van der Waals surface area contributed by atoms with Crippen LogP contribution in [-0.4, -0.2) is 6.29 Å². The van der Waals surface area contributed by atoms with Gasteiger partial charge in [0.05, 0.1) is 0 Å². The van der Waals surface area contributed by atoms with E-state index >= 15 is 0 Å². The van der Waals surface area contributed by atoms with Gasteiger partial charge >= 0.3 is 0 Å². The molecule has 0 saturated heterocycles. The first-order valence-electron chi connectivity index (χ1n) is 9.33. The topological polar surface area (TPSA) is 17.1 Å². The van der Waals surface area contributed by atoms with Crippen LogP contribution in [-0.2, 0) is 4.79 Å². The maximum Gasteiger partial charge on any atom is 0.143 e. The van der Waals surface area contributed by atoms with Crippen LogP contribution in [0.15, 0.2) is 115 Å². The summed E-state index contributed by atoms with van der Waals surface area (Å²) in [7, 11) is 0. The summed E-state index contributed by atoms with van der Waals surface area (Å²) < 4.78 is 0. The van der Waals surface area contributed by atoms with Gasteiger partial charge in [-0.2, -0.15) is 0 Å². The summed E-state index contributed by atoms with van der Waals surface area (Å²) in [5, 5.41) is 0. The van der Waals surface area contributed by atoms with E-state index in [2.05, 4.69) is 48.5 Å². The van der Waals surface area contributed by atoms with Gasteiger partial charge in [0.15, 0.2) is 0 Å². The molecule has 4 aromatic carbocycles. The Morgan fingerprint density at radius 2 is 0.893 bits per heavy atom. The average molecular weight is 360 g/mol. The van der Waals surface area contributed by atoms with Crippen molar-refractivity contribution in [2.24, 2.45) is 0 Å². The summed E-state index contributed by atoms with van der Waals surface area (Å²) in [6.45, 7) is 0. The normalized spacial score (nSPS) is 10.3. The van der Waals surface area contributed by atoms with E-state index in [1.165, 1.54) is 0 Å². The molecule has 0 unspecified atom stereocenters. The second kappa shape index (κ2) is 8.32. The lowest BCUT2D eigenvalue weighted by molar-refractivity contribution is -0.104. The van der Waals surface area contributed by atoms with Crippen LogP contribution in [0.5, 0.6) is 0 Å². The third-order valence-corrected chi connectivity index (χ3v) is 4.84. The molecule has 28 heavy (non-hydrogen) atoms.